The monoisotopic (exact) mass is 362 g/mol. The molecule has 1 N–H and O–H groups in total. The molecule has 1 aromatic heterocycles. The molecule has 1 atom stereocenters. The molecular formula is C21H26N6. The minimum Gasteiger partial charge on any atom is -0.355 e. The van der Waals surface area contributed by atoms with Crippen molar-refractivity contribution in [3.05, 3.63) is 65.6 Å². The maximum absolute atomic E-state index is 4.72. The van der Waals surface area contributed by atoms with Gasteiger partial charge in [0.1, 0.15) is 12.0 Å². The largest absolute Gasteiger partial charge is 0.355 e. The van der Waals surface area contributed by atoms with Gasteiger partial charge in [0.2, 0.25) is 0 Å². The van der Waals surface area contributed by atoms with Crippen LogP contribution in [-0.2, 0) is 0 Å². The Morgan fingerprint density at radius 2 is 1.89 bits per heavy atom. The van der Waals surface area contributed by atoms with Gasteiger partial charge in [-0.15, -0.1) is 0 Å². The van der Waals surface area contributed by atoms with E-state index in [4.69, 9.17) is 4.99 Å². The highest BCUT2D eigenvalue weighted by Crippen LogP contribution is 2.27. The van der Waals surface area contributed by atoms with Crippen molar-refractivity contribution < 1.29 is 0 Å². The van der Waals surface area contributed by atoms with E-state index in [1.807, 2.05) is 31.3 Å². The summed E-state index contributed by atoms with van der Waals surface area (Å²) >= 11 is 0. The van der Waals surface area contributed by atoms with Crippen LogP contribution in [0.3, 0.4) is 0 Å². The normalized spacial score (nSPS) is 21.1. The van der Waals surface area contributed by atoms with E-state index in [0.717, 1.165) is 43.5 Å². The van der Waals surface area contributed by atoms with Crippen molar-refractivity contribution in [2.75, 3.05) is 38.1 Å². The fraction of sp³-hybridized carbons (Fsp3) is 0.333. The van der Waals surface area contributed by atoms with Crippen LogP contribution in [0.2, 0.25) is 0 Å². The molecule has 27 heavy (non-hydrogen) atoms. The zero-order valence-electron chi connectivity index (χ0n) is 15.9. The number of aryl methyl sites for hydroxylation is 1. The van der Waals surface area contributed by atoms with Gasteiger partial charge in [-0.3, -0.25) is 15.0 Å². The lowest BCUT2D eigenvalue weighted by atomic mass is 10.2. The first-order valence-corrected chi connectivity index (χ1v) is 9.42. The van der Waals surface area contributed by atoms with Crippen molar-refractivity contribution in [2.45, 2.75) is 13.1 Å². The average Bonchev–Trinajstić information content (AvgIpc) is 3.13. The SMILES string of the molecule is Cc1cc(N2C(N3CCN(C)CC3)=CC=NC2/C=C\c2ccccc2)n[nH]1. The van der Waals surface area contributed by atoms with Gasteiger partial charge in [0, 0.05) is 44.2 Å². The molecule has 1 fully saturated rings. The number of rotatable bonds is 4. The Kier molecular flexibility index (Phi) is 5.07. The summed E-state index contributed by atoms with van der Waals surface area (Å²) in [7, 11) is 2.17. The summed E-state index contributed by atoms with van der Waals surface area (Å²) in [5.41, 5.74) is 2.21. The van der Waals surface area contributed by atoms with Crippen molar-refractivity contribution >= 4 is 18.1 Å². The van der Waals surface area contributed by atoms with E-state index < -0.39 is 0 Å². The Hall–Kier alpha value is -2.86. The third-order valence-electron chi connectivity index (χ3n) is 5.00. The molecule has 6 nitrogen and oxygen atoms in total. The summed E-state index contributed by atoms with van der Waals surface area (Å²) in [6, 6.07) is 12.4. The summed E-state index contributed by atoms with van der Waals surface area (Å²) in [5, 5.41) is 7.59. The van der Waals surface area contributed by atoms with Crippen molar-refractivity contribution in [3.63, 3.8) is 0 Å². The quantitative estimate of drug-likeness (QED) is 0.909. The molecule has 6 heteroatoms. The summed E-state index contributed by atoms with van der Waals surface area (Å²) in [4.78, 5) is 11.7. The molecule has 2 aliphatic heterocycles. The molecule has 4 rings (SSSR count). The topological polar surface area (TPSA) is 50.8 Å². The fourth-order valence-corrected chi connectivity index (χ4v) is 3.45. The molecule has 2 aromatic rings. The van der Waals surface area contributed by atoms with Crippen LogP contribution >= 0.6 is 0 Å². The van der Waals surface area contributed by atoms with Crippen LogP contribution in [0.1, 0.15) is 11.3 Å². The first kappa shape index (κ1) is 17.5. The van der Waals surface area contributed by atoms with Gasteiger partial charge in [-0.05, 0) is 31.7 Å². The standard InChI is InChI=1S/C21H26N6/c1-17-16-20(24-23-17)27-19(9-8-18-6-4-3-5-7-18)22-11-10-21(27)26-14-12-25(2)13-15-26/h3-11,16,19H,12-15H2,1-2H3,(H,23,24)/b9-8-. The molecule has 0 saturated carbocycles. The van der Waals surface area contributed by atoms with Gasteiger partial charge < -0.3 is 9.80 Å². The third-order valence-corrected chi connectivity index (χ3v) is 5.00. The van der Waals surface area contributed by atoms with Gasteiger partial charge in [-0.1, -0.05) is 36.4 Å². The number of H-pyrrole nitrogens is 1. The second-order valence-corrected chi connectivity index (χ2v) is 7.08. The minimum atomic E-state index is -0.118. The highest BCUT2D eigenvalue weighted by atomic mass is 15.4. The average molecular weight is 362 g/mol. The number of allylic oxidation sites excluding steroid dienone is 1. The molecular weight excluding hydrogens is 336 g/mol. The minimum absolute atomic E-state index is 0.118. The molecule has 140 valence electrons. The van der Waals surface area contributed by atoms with Crippen LogP contribution in [-0.4, -0.2) is 65.6 Å². The molecule has 0 bridgehead atoms. The molecule has 0 spiro atoms. The van der Waals surface area contributed by atoms with E-state index in [9.17, 15) is 0 Å². The lowest BCUT2D eigenvalue weighted by Crippen LogP contribution is -2.50. The Balaban J connectivity index is 1.63. The Morgan fingerprint density at radius 1 is 1.11 bits per heavy atom. The predicted molar refractivity (Wildman–Crippen MR) is 111 cm³/mol. The number of aliphatic imine (C=N–C) groups is 1. The van der Waals surface area contributed by atoms with E-state index in [1.165, 1.54) is 5.56 Å². The zero-order chi connectivity index (χ0) is 18.6. The molecule has 0 radical (unpaired) electrons. The molecule has 0 aliphatic carbocycles. The van der Waals surface area contributed by atoms with Crippen LogP contribution in [0.15, 0.2) is 59.4 Å². The van der Waals surface area contributed by atoms with Gasteiger partial charge in [-0.2, -0.15) is 5.10 Å². The number of hydrogen-bond donors (Lipinski definition) is 1. The van der Waals surface area contributed by atoms with E-state index in [1.54, 1.807) is 0 Å². The van der Waals surface area contributed by atoms with Crippen LogP contribution in [0.5, 0.6) is 0 Å². The Morgan fingerprint density at radius 3 is 2.59 bits per heavy atom. The Bertz CT molecular complexity index is 843. The van der Waals surface area contributed by atoms with Crippen molar-refractivity contribution in [1.82, 2.24) is 20.0 Å². The van der Waals surface area contributed by atoms with E-state index in [2.05, 4.69) is 68.4 Å². The lowest BCUT2D eigenvalue weighted by molar-refractivity contribution is 0.182. The number of benzene rings is 1. The number of hydrogen-bond acceptors (Lipinski definition) is 5. The molecule has 3 heterocycles. The third kappa shape index (κ3) is 3.95. The number of piperazine rings is 1. The number of likely N-dealkylation sites (N-methyl/N-ethyl adjacent to an activating group) is 1. The first-order chi connectivity index (χ1) is 13.2. The van der Waals surface area contributed by atoms with Gasteiger partial charge >= 0.3 is 0 Å². The van der Waals surface area contributed by atoms with E-state index >= 15 is 0 Å². The van der Waals surface area contributed by atoms with Crippen molar-refractivity contribution in [2.24, 2.45) is 4.99 Å². The predicted octanol–water partition coefficient (Wildman–Crippen LogP) is 2.74. The van der Waals surface area contributed by atoms with Gasteiger partial charge in [-0.25, -0.2) is 0 Å². The maximum atomic E-state index is 4.72. The smallest absolute Gasteiger partial charge is 0.158 e. The number of nitrogens with zero attached hydrogens (tertiary/aromatic N) is 5. The zero-order valence-corrected chi connectivity index (χ0v) is 15.9. The van der Waals surface area contributed by atoms with Crippen molar-refractivity contribution in [1.29, 1.82) is 0 Å². The van der Waals surface area contributed by atoms with Crippen molar-refractivity contribution in [3.8, 4) is 0 Å². The Labute approximate surface area is 160 Å². The molecule has 0 amide bonds. The fourth-order valence-electron chi connectivity index (χ4n) is 3.45. The maximum Gasteiger partial charge on any atom is 0.158 e. The van der Waals surface area contributed by atoms with Gasteiger partial charge in [0.05, 0.1) is 0 Å². The number of anilines is 1. The summed E-state index contributed by atoms with van der Waals surface area (Å²) in [5.74, 6) is 2.06. The number of aromatic amines is 1. The molecule has 1 saturated heterocycles. The molecule has 1 unspecified atom stereocenters. The van der Waals surface area contributed by atoms with Crippen LogP contribution in [0.25, 0.3) is 6.08 Å². The molecule has 1 aromatic carbocycles. The van der Waals surface area contributed by atoms with E-state index in [-0.39, 0.29) is 6.17 Å². The highest BCUT2D eigenvalue weighted by Gasteiger charge is 2.29. The van der Waals surface area contributed by atoms with Crippen LogP contribution < -0.4 is 4.90 Å². The summed E-state index contributed by atoms with van der Waals surface area (Å²) < 4.78 is 0. The second kappa shape index (κ2) is 7.80. The van der Waals surface area contributed by atoms with Crippen LogP contribution in [0, 0.1) is 6.92 Å². The van der Waals surface area contributed by atoms with Gasteiger partial charge in [0.25, 0.3) is 0 Å². The number of aromatic nitrogens is 2. The van der Waals surface area contributed by atoms with Gasteiger partial charge in [0.15, 0.2) is 5.82 Å². The van der Waals surface area contributed by atoms with E-state index in [0.29, 0.717) is 0 Å². The lowest BCUT2D eigenvalue weighted by Gasteiger charge is -2.41. The summed E-state index contributed by atoms with van der Waals surface area (Å²) in [6.07, 6.45) is 8.17. The van der Waals surface area contributed by atoms with Crippen LogP contribution in [0.4, 0.5) is 5.82 Å². The number of nitrogens with one attached hydrogen (secondary N) is 1. The second-order valence-electron chi connectivity index (χ2n) is 7.08. The highest BCUT2D eigenvalue weighted by molar-refractivity contribution is 5.77. The molecule has 2 aliphatic rings. The first-order valence-electron chi connectivity index (χ1n) is 9.42. The summed E-state index contributed by atoms with van der Waals surface area (Å²) in [6.45, 7) is 6.16.